The maximum atomic E-state index is 11.8. The fourth-order valence-corrected chi connectivity index (χ4v) is 2.96. The summed E-state index contributed by atoms with van der Waals surface area (Å²) >= 11 is 6.71. The fourth-order valence-electron chi connectivity index (χ4n) is 1.72. The lowest BCUT2D eigenvalue weighted by Gasteiger charge is -2.09. The molecule has 0 bridgehead atoms. The van der Waals surface area contributed by atoms with Crippen molar-refractivity contribution >= 4 is 45.6 Å². The van der Waals surface area contributed by atoms with Crippen molar-refractivity contribution < 1.29 is 9.53 Å². The molecule has 0 radical (unpaired) electrons. The van der Waals surface area contributed by atoms with Gasteiger partial charge in [0.2, 0.25) is 5.95 Å². The van der Waals surface area contributed by atoms with Gasteiger partial charge in [0.15, 0.2) is 5.11 Å². The molecule has 2 N–H and O–H groups in total. The third-order valence-electron chi connectivity index (χ3n) is 2.78. The van der Waals surface area contributed by atoms with Crippen molar-refractivity contribution in [2.75, 3.05) is 17.7 Å². The number of thiocarbonyl (C=S) groups is 1. The zero-order valence-corrected chi connectivity index (χ0v) is 14.1. The minimum Gasteiger partial charge on any atom is -0.465 e. The van der Waals surface area contributed by atoms with Gasteiger partial charge in [-0.2, -0.15) is 0 Å². The van der Waals surface area contributed by atoms with E-state index in [1.54, 1.807) is 12.3 Å². The molecule has 2 rings (SSSR count). The molecule has 8 heteroatoms. The van der Waals surface area contributed by atoms with Crippen LogP contribution in [0, 0.1) is 6.92 Å². The lowest BCUT2D eigenvalue weighted by atomic mass is 10.2. The zero-order valence-electron chi connectivity index (χ0n) is 12.5. The lowest BCUT2D eigenvalue weighted by Crippen LogP contribution is -2.21. The Hall–Kier alpha value is -2.06. The first kappa shape index (κ1) is 16.3. The van der Waals surface area contributed by atoms with Crippen molar-refractivity contribution in [1.82, 2.24) is 9.97 Å². The van der Waals surface area contributed by atoms with Crippen molar-refractivity contribution in [3.05, 3.63) is 34.5 Å². The highest BCUT2D eigenvalue weighted by Gasteiger charge is 2.17. The Morgan fingerprint density at radius 2 is 2.23 bits per heavy atom. The van der Waals surface area contributed by atoms with Gasteiger partial charge >= 0.3 is 5.97 Å². The molecule has 6 nitrogen and oxygen atoms in total. The topological polar surface area (TPSA) is 76.1 Å². The summed E-state index contributed by atoms with van der Waals surface area (Å²) < 4.78 is 4.79. The minimum atomic E-state index is -0.395. The molecule has 2 heterocycles. The first-order valence-electron chi connectivity index (χ1n) is 6.62. The highest BCUT2D eigenvalue weighted by atomic mass is 32.1. The Morgan fingerprint density at radius 1 is 1.45 bits per heavy atom. The maximum absolute atomic E-state index is 11.8. The number of carbonyl (C=O) groups excluding carboxylic acids is 1. The van der Waals surface area contributed by atoms with E-state index in [1.165, 1.54) is 18.4 Å². The van der Waals surface area contributed by atoms with Crippen molar-refractivity contribution in [3.63, 3.8) is 0 Å². The second-order valence-electron chi connectivity index (χ2n) is 4.40. The highest BCUT2D eigenvalue weighted by molar-refractivity contribution is 7.80. The monoisotopic (exact) mass is 336 g/mol. The van der Waals surface area contributed by atoms with Gasteiger partial charge in [0.05, 0.1) is 12.7 Å². The number of nitrogens with one attached hydrogen (secondary N) is 2. The molecule has 0 aromatic carbocycles. The molecule has 0 aliphatic rings. The zero-order chi connectivity index (χ0) is 16.1. The summed E-state index contributed by atoms with van der Waals surface area (Å²) in [5.74, 6) is 0.0115. The smallest absolute Gasteiger partial charge is 0.340 e. The van der Waals surface area contributed by atoms with E-state index in [0.717, 1.165) is 17.0 Å². The van der Waals surface area contributed by atoms with Crippen LogP contribution in [0.2, 0.25) is 0 Å². The van der Waals surface area contributed by atoms with Crippen LogP contribution in [0.25, 0.3) is 0 Å². The first-order chi connectivity index (χ1) is 10.5. The van der Waals surface area contributed by atoms with Crippen LogP contribution in [-0.4, -0.2) is 28.2 Å². The Bertz CT molecular complexity index is 700. The largest absolute Gasteiger partial charge is 0.465 e. The second kappa shape index (κ2) is 7.28. The molecule has 22 heavy (non-hydrogen) atoms. The summed E-state index contributed by atoms with van der Waals surface area (Å²) in [6.07, 6.45) is 2.48. The van der Waals surface area contributed by atoms with Gasteiger partial charge in [0.1, 0.15) is 5.00 Å². The van der Waals surface area contributed by atoms with E-state index in [-0.39, 0.29) is 0 Å². The summed E-state index contributed by atoms with van der Waals surface area (Å²) in [5.41, 5.74) is 1.30. The van der Waals surface area contributed by atoms with E-state index in [4.69, 9.17) is 17.0 Å². The summed E-state index contributed by atoms with van der Waals surface area (Å²) in [7, 11) is 1.35. The second-order valence-corrected chi connectivity index (χ2v) is 5.95. The van der Waals surface area contributed by atoms with E-state index in [0.29, 0.717) is 21.6 Å². The Labute approximate surface area is 137 Å². The predicted octanol–water partition coefficient (Wildman–Crippen LogP) is 3.00. The van der Waals surface area contributed by atoms with Crippen LogP contribution >= 0.6 is 23.6 Å². The Kier molecular flexibility index (Phi) is 5.40. The third-order valence-corrected chi connectivity index (χ3v) is 4.18. The Morgan fingerprint density at radius 3 is 2.86 bits per heavy atom. The number of methoxy groups -OCH3 is 1. The van der Waals surface area contributed by atoms with Crippen molar-refractivity contribution in [2.45, 2.75) is 20.3 Å². The van der Waals surface area contributed by atoms with E-state index in [2.05, 4.69) is 20.6 Å². The van der Waals surface area contributed by atoms with Crippen molar-refractivity contribution in [2.24, 2.45) is 0 Å². The third kappa shape index (κ3) is 3.99. The average molecular weight is 336 g/mol. The van der Waals surface area contributed by atoms with Crippen molar-refractivity contribution in [3.8, 4) is 0 Å². The quantitative estimate of drug-likeness (QED) is 0.656. The van der Waals surface area contributed by atoms with Gasteiger partial charge < -0.3 is 15.4 Å². The standard InChI is InChI=1S/C14H16N4O2S2/c1-4-9-7-10(12(19)20-3)11(22-9)17-14(21)18-13-15-6-5-8(2)16-13/h5-7H,4H2,1-3H3,(H2,15,16,17,18,21). The van der Waals surface area contributed by atoms with Gasteiger partial charge in [-0.05, 0) is 37.7 Å². The molecule has 116 valence electrons. The van der Waals surface area contributed by atoms with Crippen LogP contribution < -0.4 is 10.6 Å². The predicted molar refractivity (Wildman–Crippen MR) is 91.6 cm³/mol. The number of anilines is 2. The number of carbonyl (C=O) groups is 1. The number of aromatic nitrogens is 2. The summed E-state index contributed by atoms with van der Waals surface area (Å²) in [4.78, 5) is 21.2. The van der Waals surface area contributed by atoms with Gasteiger partial charge in [-0.15, -0.1) is 11.3 Å². The molecular weight excluding hydrogens is 320 g/mol. The fraction of sp³-hybridized carbons (Fsp3) is 0.286. The van der Waals surface area contributed by atoms with Crippen LogP contribution in [0.15, 0.2) is 18.3 Å². The number of thiophene rings is 1. The molecule has 0 amide bonds. The molecule has 0 saturated carbocycles. The van der Waals surface area contributed by atoms with Crippen LogP contribution in [0.3, 0.4) is 0 Å². The number of hydrogen-bond acceptors (Lipinski definition) is 6. The Balaban J connectivity index is 2.14. The van der Waals surface area contributed by atoms with Crippen LogP contribution in [0.4, 0.5) is 10.9 Å². The van der Waals surface area contributed by atoms with Gasteiger partial charge in [-0.3, -0.25) is 0 Å². The normalized spacial score (nSPS) is 10.1. The number of esters is 1. The van der Waals surface area contributed by atoms with Crippen LogP contribution in [-0.2, 0) is 11.2 Å². The molecule has 0 aliphatic carbocycles. The van der Waals surface area contributed by atoms with Crippen LogP contribution in [0.1, 0.15) is 27.9 Å². The molecular formula is C14H16N4O2S2. The lowest BCUT2D eigenvalue weighted by molar-refractivity contribution is 0.0602. The molecule has 0 saturated heterocycles. The minimum absolute atomic E-state index is 0.320. The molecule has 0 unspecified atom stereocenters. The average Bonchev–Trinajstić information content (AvgIpc) is 2.89. The van der Waals surface area contributed by atoms with E-state index >= 15 is 0 Å². The summed E-state index contributed by atoms with van der Waals surface area (Å²) in [6, 6.07) is 3.61. The van der Waals surface area contributed by atoms with Gasteiger partial charge in [-0.1, -0.05) is 6.92 Å². The number of rotatable bonds is 4. The van der Waals surface area contributed by atoms with E-state index in [1.807, 2.05) is 19.9 Å². The van der Waals surface area contributed by atoms with Gasteiger partial charge in [0, 0.05) is 16.8 Å². The maximum Gasteiger partial charge on any atom is 0.340 e. The van der Waals surface area contributed by atoms with Crippen molar-refractivity contribution in [1.29, 1.82) is 0 Å². The summed E-state index contributed by atoms with van der Waals surface area (Å²) in [6.45, 7) is 3.89. The van der Waals surface area contributed by atoms with E-state index in [9.17, 15) is 4.79 Å². The highest BCUT2D eigenvalue weighted by Crippen LogP contribution is 2.29. The SMILES string of the molecule is CCc1cc(C(=O)OC)c(NC(=S)Nc2nccc(C)n2)s1. The molecule has 0 aliphatic heterocycles. The van der Waals surface area contributed by atoms with E-state index < -0.39 is 5.97 Å². The molecule has 0 spiro atoms. The molecule has 2 aromatic rings. The summed E-state index contributed by atoms with van der Waals surface area (Å²) in [5, 5.41) is 6.87. The van der Waals surface area contributed by atoms with Gasteiger partial charge in [-0.25, -0.2) is 14.8 Å². The number of ether oxygens (including phenoxy) is 1. The van der Waals surface area contributed by atoms with Crippen LogP contribution in [0.5, 0.6) is 0 Å². The molecule has 0 fully saturated rings. The molecule has 0 atom stereocenters. The molecule has 2 aromatic heterocycles. The number of aryl methyl sites for hydroxylation is 2. The number of nitrogens with zero attached hydrogens (tertiary/aromatic N) is 2. The number of hydrogen-bond donors (Lipinski definition) is 2. The first-order valence-corrected chi connectivity index (χ1v) is 7.84. The van der Waals surface area contributed by atoms with Gasteiger partial charge in [0.25, 0.3) is 0 Å².